The maximum Gasteiger partial charge on any atom is 0.312 e. The van der Waals surface area contributed by atoms with Crippen molar-refractivity contribution in [3.8, 4) is 11.5 Å². The number of hydrogen-bond acceptors (Lipinski definition) is 4. The van der Waals surface area contributed by atoms with Gasteiger partial charge in [-0.1, -0.05) is 13.0 Å². The Bertz CT molecular complexity index is 485. The molecule has 1 atom stereocenters. The van der Waals surface area contributed by atoms with E-state index in [1.54, 1.807) is 27.0 Å². The van der Waals surface area contributed by atoms with E-state index in [1.807, 2.05) is 26.0 Å². The molecule has 5 nitrogen and oxygen atoms in total. The summed E-state index contributed by atoms with van der Waals surface area (Å²) in [6.07, 6.45) is 0. The largest absolute Gasteiger partial charge is 0.497 e. The third-order valence-electron chi connectivity index (χ3n) is 3.37. The van der Waals surface area contributed by atoms with Gasteiger partial charge in [-0.25, -0.2) is 0 Å². The summed E-state index contributed by atoms with van der Waals surface area (Å²) in [6.45, 7) is 8.30. The fourth-order valence-electron chi connectivity index (χ4n) is 1.86. The first-order valence-electron chi connectivity index (χ1n) is 7.09. The number of carboxylic acid groups (broad SMARTS) is 1. The summed E-state index contributed by atoms with van der Waals surface area (Å²) in [4.78, 5) is 11.2. The average Bonchev–Trinajstić information content (AvgIpc) is 2.44. The van der Waals surface area contributed by atoms with E-state index in [1.165, 1.54) is 0 Å². The van der Waals surface area contributed by atoms with Crippen LogP contribution in [0.5, 0.6) is 11.5 Å². The minimum atomic E-state index is -0.943. The van der Waals surface area contributed by atoms with Crippen molar-refractivity contribution in [3.63, 3.8) is 0 Å². The molecule has 1 unspecified atom stereocenters. The van der Waals surface area contributed by atoms with Crippen molar-refractivity contribution in [1.29, 1.82) is 0 Å². The van der Waals surface area contributed by atoms with Gasteiger partial charge in [-0.15, -0.1) is 0 Å². The Hall–Kier alpha value is -1.75. The first kappa shape index (κ1) is 17.3. The highest BCUT2D eigenvalue weighted by atomic mass is 16.5. The highest BCUT2D eigenvalue weighted by molar-refractivity contribution is 5.73. The Morgan fingerprint density at radius 3 is 2.62 bits per heavy atom. The van der Waals surface area contributed by atoms with E-state index in [0.29, 0.717) is 11.5 Å². The predicted octanol–water partition coefficient (Wildman–Crippen LogP) is 2.86. The van der Waals surface area contributed by atoms with Crippen molar-refractivity contribution in [2.24, 2.45) is 5.41 Å². The van der Waals surface area contributed by atoms with Crippen LogP contribution in [0.2, 0.25) is 0 Å². The summed E-state index contributed by atoms with van der Waals surface area (Å²) in [5.41, 5.74) is 0.0423. The molecule has 0 saturated carbocycles. The van der Waals surface area contributed by atoms with E-state index < -0.39 is 11.4 Å². The first-order chi connectivity index (χ1) is 9.81. The molecule has 2 N–H and O–H groups in total. The van der Waals surface area contributed by atoms with E-state index in [-0.39, 0.29) is 12.6 Å². The summed E-state index contributed by atoms with van der Waals surface area (Å²) in [7, 11) is 1.59. The van der Waals surface area contributed by atoms with Crippen LogP contribution < -0.4 is 14.8 Å². The molecule has 21 heavy (non-hydrogen) atoms. The normalized spacial score (nSPS) is 12.8. The van der Waals surface area contributed by atoms with Crippen LogP contribution in [0, 0.1) is 5.41 Å². The molecule has 0 amide bonds. The molecular formula is C16H25NO4. The summed E-state index contributed by atoms with van der Waals surface area (Å²) in [6, 6.07) is 5.72. The zero-order valence-corrected chi connectivity index (χ0v) is 13.4. The fraction of sp³-hybridized carbons (Fsp3) is 0.562. The molecule has 1 aromatic carbocycles. The van der Waals surface area contributed by atoms with Gasteiger partial charge in [0, 0.05) is 17.7 Å². The zero-order valence-electron chi connectivity index (χ0n) is 13.4. The van der Waals surface area contributed by atoms with Gasteiger partial charge in [0.1, 0.15) is 18.1 Å². The number of rotatable bonds is 8. The first-order valence-corrected chi connectivity index (χ1v) is 7.09. The molecule has 0 aliphatic carbocycles. The minimum absolute atomic E-state index is 0.0986. The van der Waals surface area contributed by atoms with E-state index >= 15 is 0 Å². The molecule has 118 valence electrons. The van der Waals surface area contributed by atoms with Gasteiger partial charge in [-0.3, -0.25) is 4.79 Å². The van der Waals surface area contributed by atoms with Crippen molar-refractivity contribution < 1.29 is 19.4 Å². The van der Waals surface area contributed by atoms with Crippen LogP contribution in [0.1, 0.15) is 39.3 Å². The second kappa shape index (κ2) is 7.31. The number of methoxy groups -OCH3 is 1. The standard InChI is InChI=1S/C16H25NO4/c1-6-17-11(2)13-8-7-12(20-5)9-14(13)21-10-16(3,4)15(18)19/h7-9,11,17H,6,10H2,1-5H3,(H,18,19). The number of aliphatic carboxylic acids is 1. The molecule has 5 heteroatoms. The Balaban J connectivity index is 2.99. The maximum atomic E-state index is 11.2. The highest BCUT2D eigenvalue weighted by Crippen LogP contribution is 2.31. The second-order valence-electron chi connectivity index (χ2n) is 5.66. The van der Waals surface area contributed by atoms with Crippen LogP contribution >= 0.6 is 0 Å². The Morgan fingerprint density at radius 1 is 1.43 bits per heavy atom. The average molecular weight is 295 g/mol. The molecule has 0 aromatic heterocycles. The number of nitrogens with one attached hydrogen (secondary N) is 1. The fourth-order valence-corrected chi connectivity index (χ4v) is 1.86. The van der Waals surface area contributed by atoms with Gasteiger partial charge < -0.3 is 19.9 Å². The third-order valence-corrected chi connectivity index (χ3v) is 3.37. The lowest BCUT2D eigenvalue weighted by atomic mass is 9.95. The van der Waals surface area contributed by atoms with E-state index in [2.05, 4.69) is 5.32 Å². The Morgan fingerprint density at radius 2 is 2.10 bits per heavy atom. The summed E-state index contributed by atoms with van der Waals surface area (Å²) < 4.78 is 11.0. The van der Waals surface area contributed by atoms with Crippen LogP contribution in [0.15, 0.2) is 18.2 Å². The molecule has 0 aliphatic heterocycles. The molecule has 1 aromatic rings. The minimum Gasteiger partial charge on any atom is -0.497 e. The van der Waals surface area contributed by atoms with Gasteiger partial charge in [0.2, 0.25) is 0 Å². The number of carboxylic acids is 1. The molecule has 1 rings (SSSR count). The smallest absolute Gasteiger partial charge is 0.312 e. The second-order valence-corrected chi connectivity index (χ2v) is 5.66. The van der Waals surface area contributed by atoms with Crippen molar-refractivity contribution in [1.82, 2.24) is 5.32 Å². The van der Waals surface area contributed by atoms with Crippen LogP contribution in [0.4, 0.5) is 0 Å². The lowest BCUT2D eigenvalue weighted by molar-refractivity contribution is -0.148. The monoisotopic (exact) mass is 295 g/mol. The molecule has 0 spiro atoms. The SMILES string of the molecule is CCNC(C)c1ccc(OC)cc1OCC(C)(C)C(=O)O. The van der Waals surface area contributed by atoms with Crippen LogP contribution in [0.3, 0.4) is 0 Å². The summed E-state index contributed by atoms with van der Waals surface area (Å²) >= 11 is 0. The number of hydrogen-bond donors (Lipinski definition) is 2. The topological polar surface area (TPSA) is 67.8 Å². The van der Waals surface area contributed by atoms with Crippen molar-refractivity contribution in [2.75, 3.05) is 20.3 Å². The van der Waals surface area contributed by atoms with Crippen LogP contribution in [-0.4, -0.2) is 31.3 Å². The zero-order chi connectivity index (χ0) is 16.0. The van der Waals surface area contributed by atoms with Crippen molar-refractivity contribution in [2.45, 2.75) is 33.7 Å². The van der Waals surface area contributed by atoms with Crippen LogP contribution in [-0.2, 0) is 4.79 Å². The molecule has 0 bridgehead atoms. The Kier molecular flexibility index (Phi) is 6.03. The lowest BCUT2D eigenvalue weighted by Gasteiger charge is -2.23. The maximum absolute atomic E-state index is 11.2. The molecule has 0 aliphatic rings. The lowest BCUT2D eigenvalue weighted by Crippen LogP contribution is -2.31. The van der Waals surface area contributed by atoms with E-state index in [0.717, 1.165) is 12.1 Å². The highest BCUT2D eigenvalue weighted by Gasteiger charge is 2.28. The molecule has 0 fully saturated rings. The quantitative estimate of drug-likeness (QED) is 0.772. The van der Waals surface area contributed by atoms with Gasteiger partial charge in [0.05, 0.1) is 12.5 Å². The molecule has 0 saturated heterocycles. The Labute approximate surface area is 126 Å². The van der Waals surface area contributed by atoms with Gasteiger partial charge in [0.15, 0.2) is 0 Å². The predicted molar refractivity (Wildman–Crippen MR) is 82.0 cm³/mol. The van der Waals surface area contributed by atoms with Gasteiger partial charge in [0.25, 0.3) is 0 Å². The van der Waals surface area contributed by atoms with Crippen molar-refractivity contribution >= 4 is 5.97 Å². The summed E-state index contributed by atoms with van der Waals surface area (Å²) in [5.74, 6) is 0.453. The molecule has 0 heterocycles. The van der Waals surface area contributed by atoms with Gasteiger partial charge >= 0.3 is 5.97 Å². The van der Waals surface area contributed by atoms with E-state index in [9.17, 15) is 4.79 Å². The third kappa shape index (κ3) is 4.63. The molecule has 0 radical (unpaired) electrons. The van der Waals surface area contributed by atoms with Crippen molar-refractivity contribution in [3.05, 3.63) is 23.8 Å². The van der Waals surface area contributed by atoms with Crippen LogP contribution in [0.25, 0.3) is 0 Å². The summed E-state index contributed by atoms with van der Waals surface area (Å²) in [5, 5.41) is 12.5. The van der Waals surface area contributed by atoms with Gasteiger partial charge in [-0.2, -0.15) is 0 Å². The van der Waals surface area contributed by atoms with Gasteiger partial charge in [-0.05, 0) is 33.4 Å². The number of ether oxygens (including phenoxy) is 2. The number of benzene rings is 1. The molecular weight excluding hydrogens is 270 g/mol. The number of carbonyl (C=O) groups is 1. The van der Waals surface area contributed by atoms with E-state index in [4.69, 9.17) is 14.6 Å².